The molecule has 0 atom stereocenters. The van der Waals surface area contributed by atoms with E-state index in [2.05, 4.69) is 9.22 Å². The molecule has 0 aromatic carbocycles. The maximum absolute atomic E-state index is 8.08. The molecule has 0 fully saturated rings. The first kappa shape index (κ1) is 7.23. The SMILES string of the molecule is CSOOCCO. The Morgan fingerprint density at radius 2 is 2.43 bits per heavy atom. The molecule has 0 unspecified atom stereocenters. The minimum Gasteiger partial charge on any atom is -0.394 e. The van der Waals surface area contributed by atoms with Gasteiger partial charge >= 0.3 is 0 Å². The first-order valence-electron chi connectivity index (χ1n) is 1.85. The summed E-state index contributed by atoms with van der Waals surface area (Å²) in [6.07, 6.45) is 1.73. The average molecular weight is 124 g/mol. The molecule has 0 aromatic rings. The maximum atomic E-state index is 8.08. The van der Waals surface area contributed by atoms with E-state index < -0.39 is 0 Å². The lowest BCUT2D eigenvalue weighted by Crippen LogP contribution is -1.95. The standard InChI is InChI=1S/C3H8O3S/c1-7-6-5-3-2-4/h4H,2-3H2,1H3. The highest BCUT2D eigenvalue weighted by Gasteiger charge is 1.79. The molecule has 0 heterocycles. The summed E-state index contributed by atoms with van der Waals surface area (Å²) in [5.41, 5.74) is 0. The second kappa shape index (κ2) is 6.23. The highest BCUT2D eigenvalue weighted by Crippen LogP contribution is 1.93. The Kier molecular flexibility index (Phi) is 6.43. The molecule has 4 heteroatoms. The molecule has 0 saturated carbocycles. The first-order chi connectivity index (χ1) is 3.41. The Morgan fingerprint density at radius 1 is 1.71 bits per heavy atom. The van der Waals surface area contributed by atoms with Gasteiger partial charge in [-0.15, -0.1) is 0 Å². The molecule has 3 nitrogen and oxygen atoms in total. The highest BCUT2D eigenvalue weighted by atomic mass is 32.2. The quantitative estimate of drug-likeness (QED) is 0.251. The summed E-state index contributed by atoms with van der Waals surface area (Å²) in [5.74, 6) is 0. The zero-order valence-corrected chi connectivity index (χ0v) is 4.90. The molecule has 0 aliphatic rings. The molecule has 7 heavy (non-hydrogen) atoms. The molecule has 0 saturated heterocycles. The summed E-state index contributed by atoms with van der Waals surface area (Å²) in [6, 6.07) is 0. The van der Waals surface area contributed by atoms with Gasteiger partial charge in [-0.1, -0.05) is 0 Å². The molecule has 0 bridgehead atoms. The second-order valence-electron chi connectivity index (χ2n) is 0.780. The summed E-state index contributed by atoms with van der Waals surface area (Å²) < 4.78 is 4.33. The fourth-order valence-electron chi connectivity index (χ4n) is 0.119. The van der Waals surface area contributed by atoms with Crippen molar-refractivity contribution in [3.8, 4) is 0 Å². The predicted molar refractivity (Wildman–Crippen MR) is 27.6 cm³/mol. The van der Waals surface area contributed by atoms with Gasteiger partial charge in [0.1, 0.15) is 6.61 Å². The van der Waals surface area contributed by atoms with E-state index in [4.69, 9.17) is 5.11 Å². The van der Waals surface area contributed by atoms with E-state index in [0.717, 1.165) is 12.0 Å². The summed E-state index contributed by atoms with van der Waals surface area (Å²) >= 11 is 1.11. The smallest absolute Gasteiger partial charge is 0.107 e. The second-order valence-corrected chi connectivity index (χ2v) is 1.25. The Labute approximate surface area is 46.8 Å². The fourth-order valence-corrected chi connectivity index (χ4v) is 0.284. The van der Waals surface area contributed by atoms with E-state index >= 15 is 0 Å². The molecule has 0 aliphatic carbocycles. The van der Waals surface area contributed by atoms with Crippen molar-refractivity contribution in [2.24, 2.45) is 0 Å². The Hall–Kier alpha value is 0.230. The van der Waals surface area contributed by atoms with Gasteiger partial charge in [0.2, 0.25) is 0 Å². The lowest BCUT2D eigenvalue weighted by molar-refractivity contribution is -0.196. The molecular formula is C3H8O3S. The molecule has 44 valence electrons. The maximum Gasteiger partial charge on any atom is 0.107 e. The van der Waals surface area contributed by atoms with Crippen LogP contribution >= 0.6 is 12.0 Å². The van der Waals surface area contributed by atoms with E-state index in [9.17, 15) is 0 Å². The molecule has 0 rings (SSSR count). The molecule has 0 amide bonds. The highest BCUT2D eigenvalue weighted by molar-refractivity contribution is 7.93. The number of hydrogen-bond acceptors (Lipinski definition) is 4. The van der Waals surface area contributed by atoms with E-state index in [0.29, 0.717) is 0 Å². The lowest BCUT2D eigenvalue weighted by Gasteiger charge is -1.93. The number of hydrogen-bond donors (Lipinski definition) is 1. The van der Waals surface area contributed by atoms with Crippen molar-refractivity contribution in [3.05, 3.63) is 0 Å². The van der Waals surface area contributed by atoms with Crippen LogP contribution in [0.15, 0.2) is 0 Å². The van der Waals surface area contributed by atoms with Crippen LogP contribution in [-0.4, -0.2) is 24.6 Å². The van der Waals surface area contributed by atoms with Crippen molar-refractivity contribution < 1.29 is 14.3 Å². The molecule has 0 aromatic heterocycles. The van der Waals surface area contributed by atoms with Crippen molar-refractivity contribution in [2.45, 2.75) is 0 Å². The van der Waals surface area contributed by atoms with Crippen LogP contribution in [0.25, 0.3) is 0 Å². The van der Waals surface area contributed by atoms with Crippen molar-refractivity contribution in [3.63, 3.8) is 0 Å². The minimum atomic E-state index is 0.000556. The molecular weight excluding hydrogens is 116 g/mol. The monoisotopic (exact) mass is 124 g/mol. The van der Waals surface area contributed by atoms with Crippen molar-refractivity contribution in [1.82, 2.24) is 0 Å². The number of aliphatic hydroxyl groups excluding tert-OH is 1. The van der Waals surface area contributed by atoms with Gasteiger partial charge in [0.25, 0.3) is 0 Å². The van der Waals surface area contributed by atoms with Crippen molar-refractivity contribution in [2.75, 3.05) is 19.5 Å². The van der Waals surface area contributed by atoms with Crippen LogP contribution in [0.2, 0.25) is 0 Å². The summed E-state index contributed by atoms with van der Waals surface area (Å²) in [5, 5.41) is 8.08. The summed E-state index contributed by atoms with van der Waals surface area (Å²) in [6.45, 7) is 0.238. The van der Waals surface area contributed by atoms with Gasteiger partial charge in [-0.3, -0.25) is 0 Å². The largest absolute Gasteiger partial charge is 0.394 e. The average Bonchev–Trinajstić information content (AvgIpc) is 1.69. The zero-order chi connectivity index (χ0) is 5.54. The van der Waals surface area contributed by atoms with Gasteiger partial charge in [0, 0.05) is 18.3 Å². The Bertz CT molecular complexity index is 29.4. The number of rotatable bonds is 4. The van der Waals surface area contributed by atoms with Gasteiger partial charge in [0.05, 0.1) is 6.61 Å². The van der Waals surface area contributed by atoms with Gasteiger partial charge in [0.15, 0.2) is 0 Å². The van der Waals surface area contributed by atoms with Gasteiger partial charge < -0.3 is 5.11 Å². The third kappa shape index (κ3) is 6.23. The molecule has 0 spiro atoms. The fraction of sp³-hybridized carbons (Fsp3) is 1.00. The minimum absolute atomic E-state index is 0.000556. The third-order valence-corrected chi connectivity index (χ3v) is 0.523. The van der Waals surface area contributed by atoms with Gasteiger partial charge in [-0.2, -0.15) is 4.33 Å². The van der Waals surface area contributed by atoms with Crippen LogP contribution in [0.3, 0.4) is 0 Å². The van der Waals surface area contributed by atoms with Gasteiger partial charge in [-0.25, -0.2) is 4.89 Å². The molecule has 0 aliphatic heterocycles. The van der Waals surface area contributed by atoms with Crippen LogP contribution in [0.5, 0.6) is 0 Å². The van der Waals surface area contributed by atoms with Crippen LogP contribution in [-0.2, 0) is 9.22 Å². The summed E-state index contributed by atoms with van der Waals surface area (Å²) in [4.78, 5) is 4.34. The van der Waals surface area contributed by atoms with Crippen molar-refractivity contribution >= 4 is 12.0 Å². The molecule has 1 N–H and O–H groups in total. The summed E-state index contributed by atoms with van der Waals surface area (Å²) in [7, 11) is 0. The van der Waals surface area contributed by atoms with E-state index in [1.54, 1.807) is 6.26 Å². The van der Waals surface area contributed by atoms with E-state index in [-0.39, 0.29) is 13.2 Å². The predicted octanol–water partition coefficient (Wildman–Crippen LogP) is 0.205. The van der Waals surface area contributed by atoms with E-state index in [1.807, 2.05) is 0 Å². The topological polar surface area (TPSA) is 38.7 Å². The Morgan fingerprint density at radius 3 is 2.86 bits per heavy atom. The number of aliphatic hydroxyl groups is 1. The van der Waals surface area contributed by atoms with E-state index in [1.165, 1.54) is 0 Å². The van der Waals surface area contributed by atoms with Crippen LogP contribution in [0, 0.1) is 0 Å². The lowest BCUT2D eigenvalue weighted by atomic mass is 10.8. The van der Waals surface area contributed by atoms with Crippen LogP contribution in [0.4, 0.5) is 0 Å². The molecule has 0 radical (unpaired) electrons. The first-order valence-corrected chi connectivity index (χ1v) is 3.00. The van der Waals surface area contributed by atoms with Gasteiger partial charge in [-0.05, 0) is 0 Å². The zero-order valence-electron chi connectivity index (χ0n) is 4.09. The Balaban J connectivity index is 2.45. The normalized spacial score (nSPS) is 9.43. The van der Waals surface area contributed by atoms with Crippen LogP contribution < -0.4 is 0 Å². The van der Waals surface area contributed by atoms with Crippen molar-refractivity contribution in [1.29, 1.82) is 0 Å². The van der Waals surface area contributed by atoms with Crippen LogP contribution in [0.1, 0.15) is 0 Å². The third-order valence-electron chi connectivity index (χ3n) is 0.291.